The molecule has 32 heavy (non-hydrogen) atoms. The molecular weight excluding hydrogens is 398 g/mol. The van der Waals surface area contributed by atoms with E-state index >= 15 is 0 Å². The molecule has 0 aliphatic heterocycles. The van der Waals surface area contributed by atoms with Gasteiger partial charge in [0.25, 0.3) is 0 Å². The van der Waals surface area contributed by atoms with Crippen molar-refractivity contribution in [2.75, 3.05) is 13.2 Å². The van der Waals surface area contributed by atoms with Crippen molar-refractivity contribution in [3.8, 4) is 5.75 Å². The molecule has 0 aromatic heterocycles. The fourth-order valence-electron chi connectivity index (χ4n) is 8.19. The Labute approximate surface area is 193 Å². The minimum atomic E-state index is -0.822. The minimum Gasteiger partial charge on any atom is -0.494 e. The van der Waals surface area contributed by atoms with Gasteiger partial charge in [-0.05, 0) is 111 Å². The van der Waals surface area contributed by atoms with Crippen LogP contribution in [-0.2, 0) is 5.60 Å². The number of rotatable bonds is 5. The summed E-state index contributed by atoms with van der Waals surface area (Å²) >= 11 is 0. The van der Waals surface area contributed by atoms with Crippen LogP contribution in [-0.4, -0.2) is 29.5 Å². The fourth-order valence-corrected chi connectivity index (χ4v) is 8.19. The van der Waals surface area contributed by atoms with Gasteiger partial charge in [-0.3, -0.25) is 0 Å². The summed E-state index contributed by atoms with van der Waals surface area (Å²) in [4.78, 5) is 0. The van der Waals surface area contributed by atoms with Crippen LogP contribution in [0, 0.1) is 28.6 Å². The lowest BCUT2D eigenvalue weighted by Crippen LogP contribution is -2.53. The number of fused-ring (bicyclic) bond motifs is 5. The second kappa shape index (κ2) is 8.14. The van der Waals surface area contributed by atoms with Crippen LogP contribution in [0.15, 0.2) is 35.9 Å². The summed E-state index contributed by atoms with van der Waals surface area (Å²) in [7, 11) is 0. The highest BCUT2D eigenvalue weighted by Gasteiger charge is 2.60. The van der Waals surface area contributed by atoms with Crippen molar-refractivity contribution in [2.24, 2.45) is 34.3 Å². The fraction of sp³-hybridized carbons (Fsp3) is 0.714. The van der Waals surface area contributed by atoms with E-state index < -0.39 is 5.60 Å². The van der Waals surface area contributed by atoms with Crippen molar-refractivity contribution >= 4 is 0 Å². The molecule has 0 spiro atoms. The van der Waals surface area contributed by atoms with E-state index in [1.807, 2.05) is 18.2 Å². The Kier molecular flexibility index (Phi) is 5.71. The number of aliphatic hydroxyl groups is 2. The van der Waals surface area contributed by atoms with Gasteiger partial charge >= 0.3 is 0 Å². The first-order chi connectivity index (χ1) is 15.3. The van der Waals surface area contributed by atoms with E-state index in [-0.39, 0.29) is 16.9 Å². The highest BCUT2D eigenvalue weighted by molar-refractivity contribution is 5.36. The molecule has 0 heterocycles. The summed E-state index contributed by atoms with van der Waals surface area (Å²) < 4.78 is 5.88. The predicted octanol–water partition coefficient (Wildman–Crippen LogP) is 4.93. The van der Waals surface area contributed by atoms with Crippen molar-refractivity contribution in [1.82, 2.24) is 0 Å². The Morgan fingerprint density at radius 1 is 1.12 bits per heavy atom. The lowest BCUT2D eigenvalue weighted by atomic mass is 9.46. The molecule has 0 bridgehead atoms. The van der Waals surface area contributed by atoms with Crippen LogP contribution in [0.1, 0.15) is 77.2 Å². The lowest BCUT2D eigenvalue weighted by molar-refractivity contribution is -0.101. The van der Waals surface area contributed by atoms with Gasteiger partial charge in [-0.2, -0.15) is 0 Å². The Hall–Kier alpha value is -1.36. The molecule has 4 nitrogen and oxygen atoms in total. The van der Waals surface area contributed by atoms with Crippen LogP contribution in [0.3, 0.4) is 0 Å². The molecule has 0 radical (unpaired) electrons. The first-order valence-electron chi connectivity index (χ1n) is 12.8. The molecule has 7 atom stereocenters. The van der Waals surface area contributed by atoms with Crippen LogP contribution in [0.5, 0.6) is 5.75 Å². The third kappa shape index (κ3) is 3.45. The summed E-state index contributed by atoms with van der Waals surface area (Å²) in [5, 5.41) is 22.7. The van der Waals surface area contributed by atoms with E-state index in [1.165, 1.54) is 6.42 Å². The Morgan fingerprint density at radius 2 is 1.97 bits per heavy atom. The van der Waals surface area contributed by atoms with E-state index in [4.69, 9.17) is 10.5 Å². The molecule has 4 heteroatoms. The average Bonchev–Trinajstić information content (AvgIpc) is 3.08. The van der Waals surface area contributed by atoms with Crippen molar-refractivity contribution in [3.63, 3.8) is 0 Å². The highest BCUT2D eigenvalue weighted by atomic mass is 16.5. The zero-order valence-corrected chi connectivity index (χ0v) is 19.9. The van der Waals surface area contributed by atoms with Crippen LogP contribution >= 0.6 is 0 Å². The number of ether oxygens (including phenoxy) is 1. The van der Waals surface area contributed by atoms with Gasteiger partial charge < -0.3 is 20.7 Å². The summed E-state index contributed by atoms with van der Waals surface area (Å²) in [5.74, 6) is 2.67. The monoisotopic (exact) mass is 439 g/mol. The second-order valence-electron chi connectivity index (χ2n) is 11.6. The topological polar surface area (TPSA) is 75.7 Å². The van der Waals surface area contributed by atoms with Gasteiger partial charge in [0.05, 0.1) is 18.3 Å². The zero-order chi connectivity index (χ0) is 22.6. The van der Waals surface area contributed by atoms with Crippen LogP contribution < -0.4 is 10.5 Å². The SMILES string of the molecule is C[C@]12CC(O)(c3cccc(OCCCN)c3)CCC1=CC[C@@H]1[C@H]2CC[C@]2(C)C(O)CC[C@@H]12. The molecule has 1 aromatic rings. The number of nitrogens with two attached hydrogens (primary N) is 1. The molecule has 3 saturated carbocycles. The molecule has 4 N–H and O–H groups in total. The normalized spacial score (nSPS) is 43.1. The largest absolute Gasteiger partial charge is 0.494 e. The van der Waals surface area contributed by atoms with E-state index in [0.29, 0.717) is 30.9 Å². The quantitative estimate of drug-likeness (QED) is 0.449. The molecule has 5 rings (SSSR count). The van der Waals surface area contributed by atoms with E-state index in [2.05, 4.69) is 26.0 Å². The molecule has 2 unspecified atom stereocenters. The smallest absolute Gasteiger partial charge is 0.119 e. The van der Waals surface area contributed by atoms with Crippen molar-refractivity contribution < 1.29 is 14.9 Å². The Bertz CT molecular complexity index is 883. The molecule has 3 fully saturated rings. The zero-order valence-electron chi connectivity index (χ0n) is 19.9. The van der Waals surface area contributed by atoms with Crippen LogP contribution in [0.2, 0.25) is 0 Å². The number of allylic oxidation sites excluding steroid dienone is 2. The van der Waals surface area contributed by atoms with E-state index in [0.717, 1.165) is 62.7 Å². The van der Waals surface area contributed by atoms with Crippen LogP contribution in [0.25, 0.3) is 0 Å². The molecule has 1 aromatic carbocycles. The predicted molar refractivity (Wildman–Crippen MR) is 127 cm³/mol. The van der Waals surface area contributed by atoms with Crippen molar-refractivity contribution in [1.29, 1.82) is 0 Å². The highest BCUT2D eigenvalue weighted by Crippen LogP contribution is 2.66. The Balaban J connectivity index is 1.41. The molecule has 4 aliphatic carbocycles. The lowest BCUT2D eigenvalue weighted by Gasteiger charge is -2.59. The summed E-state index contributed by atoms with van der Waals surface area (Å²) in [6.45, 7) is 5.99. The third-order valence-corrected chi connectivity index (χ3v) is 10.0. The van der Waals surface area contributed by atoms with Crippen molar-refractivity contribution in [3.05, 3.63) is 41.5 Å². The summed E-state index contributed by atoms with van der Waals surface area (Å²) in [6, 6.07) is 8.09. The second-order valence-corrected chi connectivity index (χ2v) is 11.6. The van der Waals surface area contributed by atoms with Gasteiger partial charge in [0.15, 0.2) is 0 Å². The maximum atomic E-state index is 12.0. The first-order valence-corrected chi connectivity index (χ1v) is 12.8. The van der Waals surface area contributed by atoms with Gasteiger partial charge in [0.2, 0.25) is 0 Å². The number of benzene rings is 1. The van der Waals surface area contributed by atoms with Gasteiger partial charge in [0.1, 0.15) is 5.75 Å². The third-order valence-electron chi connectivity index (χ3n) is 10.0. The first kappa shape index (κ1) is 22.4. The number of hydrogen-bond acceptors (Lipinski definition) is 4. The molecule has 0 amide bonds. The maximum absolute atomic E-state index is 12.0. The van der Waals surface area contributed by atoms with E-state index in [9.17, 15) is 10.2 Å². The van der Waals surface area contributed by atoms with Crippen LogP contribution in [0.4, 0.5) is 0 Å². The van der Waals surface area contributed by atoms with Crippen molar-refractivity contribution in [2.45, 2.75) is 83.3 Å². The van der Waals surface area contributed by atoms with Gasteiger partial charge in [-0.25, -0.2) is 0 Å². The van der Waals surface area contributed by atoms with Gasteiger partial charge in [-0.1, -0.05) is 37.6 Å². The molecule has 4 aliphatic rings. The minimum absolute atomic E-state index is 0.0290. The number of hydrogen-bond donors (Lipinski definition) is 3. The standard InChI is InChI=1S/C28H41NO3/c1-26-13-12-24-22(23(26)9-10-25(26)30)8-7-19-11-14-28(31,18-27(19,24)2)20-5-3-6-21(17-20)32-16-4-15-29/h3,5-7,17,22-25,30-31H,4,8-16,18,29H2,1-2H3/t22-,23-,24+,25?,26-,27-,28?/m0/s1. The number of aliphatic hydroxyl groups excluding tert-OH is 1. The van der Waals surface area contributed by atoms with Gasteiger partial charge in [-0.15, -0.1) is 0 Å². The summed E-state index contributed by atoms with van der Waals surface area (Å²) in [5.41, 5.74) is 7.45. The van der Waals surface area contributed by atoms with E-state index in [1.54, 1.807) is 5.57 Å². The molecule has 0 saturated heterocycles. The maximum Gasteiger partial charge on any atom is 0.119 e. The van der Waals surface area contributed by atoms with Gasteiger partial charge in [0, 0.05) is 0 Å². The molecular formula is C28H41NO3. The molecule has 176 valence electrons. The average molecular weight is 440 g/mol. The summed E-state index contributed by atoms with van der Waals surface area (Å²) in [6.07, 6.45) is 11.3. The Morgan fingerprint density at radius 3 is 2.78 bits per heavy atom.